The second-order valence-corrected chi connectivity index (χ2v) is 17.2. The summed E-state index contributed by atoms with van der Waals surface area (Å²) in [6.07, 6.45) is -0.824. The van der Waals surface area contributed by atoms with Crippen molar-refractivity contribution in [3.63, 3.8) is 0 Å². The molecule has 0 bridgehead atoms. The lowest BCUT2D eigenvalue weighted by atomic mass is 10.0. The van der Waals surface area contributed by atoms with Gasteiger partial charge in [0.1, 0.15) is 40.5 Å². The van der Waals surface area contributed by atoms with E-state index in [1.165, 1.54) is 19.2 Å². The fourth-order valence-corrected chi connectivity index (χ4v) is 5.86. The second kappa shape index (κ2) is 18.3. The zero-order chi connectivity index (χ0) is 43.2. The number of ether oxygens (including phenoxy) is 3. The van der Waals surface area contributed by atoms with Crippen molar-refractivity contribution < 1.29 is 42.6 Å². The number of aromatic nitrogens is 2. The molecule has 1 aromatic heterocycles. The van der Waals surface area contributed by atoms with Gasteiger partial charge in [0.25, 0.3) is 11.5 Å². The Morgan fingerprint density at radius 2 is 1.42 bits per heavy atom. The monoisotopic (exact) mass is 795 g/mol. The summed E-state index contributed by atoms with van der Waals surface area (Å²) in [5, 5.41) is 2.96. The lowest BCUT2D eigenvalue weighted by Crippen LogP contribution is -2.47. The van der Waals surface area contributed by atoms with Crippen molar-refractivity contribution >= 4 is 46.3 Å². The minimum atomic E-state index is -1.37. The van der Waals surface area contributed by atoms with Crippen molar-refractivity contribution in [2.75, 3.05) is 19.0 Å². The van der Waals surface area contributed by atoms with Gasteiger partial charge in [-0.25, -0.2) is 19.0 Å². The van der Waals surface area contributed by atoms with Crippen molar-refractivity contribution in [1.82, 2.24) is 20.2 Å². The van der Waals surface area contributed by atoms with E-state index in [9.17, 15) is 28.8 Å². The number of amides is 2. The van der Waals surface area contributed by atoms with Gasteiger partial charge < -0.3 is 34.3 Å². The molecule has 0 saturated carbocycles. The third kappa shape index (κ3) is 14.0. The molecule has 0 aliphatic carbocycles. The number of carbonyl (C=O) groups is 5. The molecule has 1 heterocycles. The van der Waals surface area contributed by atoms with Crippen molar-refractivity contribution in [2.24, 2.45) is 0 Å². The lowest BCUT2D eigenvalue weighted by molar-refractivity contribution is -0.166. The van der Waals surface area contributed by atoms with Crippen LogP contribution in [-0.2, 0) is 39.9 Å². The van der Waals surface area contributed by atoms with Crippen LogP contribution in [0.25, 0.3) is 10.9 Å². The van der Waals surface area contributed by atoms with E-state index in [4.69, 9.17) is 14.2 Å². The molecule has 2 atom stereocenters. The summed E-state index contributed by atoms with van der Waals surface area (Å²) in [7, 11) is 3.13. The first-order valence-electron chi connectivity index (χ1n) is 18.9. The Morgan fingerprint density at radius 1 is 0.825 bits per heavy atom. The van der Waals surface area contributed by atoms with E-state index in [2.05, 4.69) is 15.3 Å². The lowest BCUT2D eigenvalue weighted by Gasteiger charge is -2.30. The van der Waals surface area contributed by atoms with Gasteiger partial charge in [0.2, 0.25) is 5.91 Å². The quantitative estimate of drug-likeness (QED) is 0.148. The third-order valence-corrected chi connectivity index (χ3v) is 8.55. The Morgan fingerprint density at radius 3 is 2.00 bits per heavy atom. The molecular formula is C42H58FN5O9. The molecule has 0 unspecified atom stereocenters. The first-order valence-corrected chi connectivity index (χ1v) is 18.9. The number of esters is 3. The number of rotatable bonds is 14. The summed E-state index contributed by atoms with van der Waals surface area (Å²) in [5.74, 6) is -3.95. The average molecular weight is 796 g/mol. The van der Waals surface area contributed by atoms with Crippen LogP contribution >= 0.6 is 0 Å². The SMILES string of the molecule is Cc1nc2cc(C)c(CN(C)c3ccc(C(=O)N[C@@H](CCC(=O)N(C)[C@@H](CCC(=O)OC(C)(C)C)C(=O)OC(C)(C)C)C(=O)OC(C)(C)C)c(F)c3)cc2c(=O)[nH]1. The number of nitrogens with one attached hydrogen (secondary N) is 2. The molecule has 0 saturated heterocycles. The molecule has 0 aliphatic heterocycles. The smallest absolute Gasteiger partial charge is 0.329 e. The molecule has 3 aromatic rings. The highest BCUT2D eigenvalue weighted by atomic mass is 19.1. The van der Waals surface area contributed by atoms with E-state index in [0.717, 1.165) is 16.0 Å². The highest BCUT2D eigenvalue weighted by molar-refractivity contribution is 5.97. The van der Waals surface area contributed by atoms with E-state index < -0.39 is 64.4 Å². The van der Waals surface area contributed by atoms with Gasteiger partial charge >= 0.3 is 17.9 Å². The Balaban J connectivity index is 1.79. The number of H-pyrrole nitrogens is 1. The first-order chi connectivity index (χ1) is 26.1. The van der Waals surface area contributed by atoms with Crippen molar-refractivity contribution in [2.45, 2.75) is 137 Å². The Labute approximate surface area is 333 Å². The standard InChI is InChI=1S/C42H58FN5O9/c1-24-20-32-29(37(52)45-25(2)44-32)21-26(24)23-47(12)27-14-15-28(30(43)22-27)36(51)46-31(38(53)56-41(6,7)8)16-18-34(49)48(13)33(39(54)57-42(9,10)11)17-19-35(50)55-40(3,4)5/h14-15,20-22,31,33H,16-19,23H2,1-13H3,(H,46,51)(H,44,45,52)/t31-,33-/m0/s1. The highest BCUT2D eigenvalue weighted by Gasteiger charge is 2.34. The van der Waals surface area contributed by atoms with Crippen LogP contribution in [0.3, 0.4) is 0 Å². The number of likely N-dealkylation sites (N-methyl/N-ethyl adjacent to an activating group) is 1. The molecule has 0 spiro atoms. The van der Waals surface area contributed by atoms with Gasteiger partial charge in [0.05, 0.1) is 16.5 Å². The normalized spacial score (nSPS) is 13.0. The molecule has 2 N–H and O–H groups in total. The topological polar surface area (TPSA) is 177 Å². The number of nitrogens with zero attached hydrogens (tertiary/aromatic N) is 3. The number of anilines is 1. The predicted octanol–water partition coefficient (Wildman–Crippen LogP) is 5.83. The maximum absolute atomic E-state index is 15.6. The maximum atomic E-state index is 15.6. The summed E-state index contributed by atoms with van der Waals surface area (Å²) in [4.78, 5) is 88.7. The maximum Gasteiger partial charge on any atom is 0.329 e. The van der Waals surface area contributed by atoms with Crippen LogP contribution in [-0.4, -0.2) is 87.6 Å². The van der Waals surface area contributed by atoms with Crippen LogP contribution in [0.4, 0.5) is 10.1 Å². The van der Waals surface area contributed by atoms with Crippen LogP contribution < -0.4 is 15.8 Å². The van der Waals surface area contributed by atoms with Gasteiger partial charge in [0.15, 0.2) is 0 Å². The molecule has 312 valence electrons. The van der Waals surface area contributed by atoms with Gasteiger partial charge in [-0.05, 0) is 130 Å². The first kappa shape index (κ1) is 46.0. The minimum Gasteiger partial charge on any atom is -0.460 e. The number of carbonyl (C=O) groups excluding carboxylic acids is 5. The van der Waals surface area contributed by atoms with Gasteiger partial charge in [0, 0.05) is 39.2 Å². The number of aromatic amines is 1. The van der Waals surface area contributed by atoms with E-state index in [1.54, 1.807) is 93.3 Å². The number of benzene rings is 2. The fraction of sp³-hybridized carbons (Fsp3) is 0.548. The highest BCUT2D eigenvalue weighted by Crippen LogP contribution is 2.24. The van der Waals surface area contributed by atoms with Crippen LogP contribution in [0.1, 0.15) is 115 Å². The van der Waals surface area contributed by atoms with E-state index >= 15 is 4.39 Å². The molecule has 14 nitrogen and oxygen atoms in total. The summed E-state index contributed by atoms with van der Waals surface area (Å²) in [6, 6.07) is 5.11. The van der Waals surface area contributed by atoms with E-state index in [-0.39, 0.29) is 36.8 Å². The Kier molecular flexibility index (Phi) is 14.8. The average Bonchev–Trinajstić information content (AvgIpc) is 3.04. The molecule has 57 heavy (non-hydrogen) atoms. The molecule has 15 heteroatoms. The number of aryl methyl sites for hydroxylation is 2. The van der Waals surface area contributed by atoms with Crippen molar-refractivity contribution in [1.29, 1.82) is 0 Å². The van der Waals surface area contributed by atoms with Gasteiger partial charge in [-0.2, -0.15) is 0 Å². The third-order valence-electron chi connectivity index (χ3n) is 8.55. The number of hydrogen-bond donors (Lipinski definition) is 2. The van der Waals surface area contributed by atoms with Gasteiger partial charge in [-0.3, -0.25) is 19.2 Å². The molecule has 2 amide bonds. The van der Waals surface area contributed by atoms with Crippen LogP contribution in [0.5, 0.6) is 0 Å². The number of fused-ring (bicyclic) bond motifs is 1. The number of hydrogen-bond acceptors (Lipinski definition) is 11. The van der Waals surface area contributed by atoms with Crippen molar-refractivity contribution in [3.05, 3.63) is 69.0 Å². The molecule has 0 fully saturated rings. The summed E-state index contributed by atoms with van der Waals surface area (Å²) >= 11 is 0. The molecule has 0 radical (unpaired) electrons. The second-order valence-electron chi connectivity index (χ2n) is 17.2. The Hall–Kier alpha value is -5.34. The summed E-state index contributed by atoms with van der Waals surface area (Å²) < 4.78 is 32.1. The number of halogens is 1. The minimum absolute atomic E-state index is 0.0817. The van der Waals surface area contributed by atoms with Crippen LogP contribution in [0.15, 0.2) is 35.1 Å². The summed E-state index contributed by atoms with van der Waals surface area (Å²) in [6.45, 7) is 19.0. The van der Waals surface area contributed by atoms with Crippen molar-refractivity contribution in [3.8, 4) is 0 Å². The fourth-order valence-electron chi connectivity index (χ4n) is 5.86. The Bertz CT molecular complexity index is 2040. The predicted molar refractivity (Wildman–Crippen MR) is 214 cm³/mol. The zero-order valence-corrected chi connectivity index (χ0v) is 35.5. The molecule has 2 aromatic carbocycles. The zero-order valence-electron chi connectivity index (χ0n) is 35.5. The molecule has 0 aliphatic rings. The molecular weight excluding hydrogens is 737 g/mol. The van der Waals surface area contributed by atoms with Gasteiger partial charge in [-0.1, -0.05) is 0 Å². The molecule has 3 rings (SSSR count). The van der Waals surface area contributed by atoms with Crippen LogP contribution in [0, 0.1) is 19.7 Å². The van der Waals surface area contributed by atoms with E-state index in [0.29, 0.717) is 29.0 Å². The van der Waals surface area contributed by atoms with Gasteiger partial charge in [-0.15, -0.1) is 0 Å². The largest absolute Gasteiger partial charge is 0.460 e. The summed E-state index contributed by atoms with van der Waals surface area (Å²) in [5.41, 5.74) is -0.446. The van der Waals surface area contributed by atoms with E-state index in [1.807, 2.05) is 13.0 Å². The van der Waals surface area contributed by atoms with Crippen LogP contribution in [0.2, 0.25) is 0 Å².